The van der Waals surface area contributed by atoms with Gasteiger partial charge in [0.1, 0.15) is 0 Å². The normalized spacial score (nSPS) is 15.2. The van der Waals surface area contributed by atoms with Gasteiger partial charge in [-0.3, -0.25) is 4.68 Å². The number of alkyl halides is 3. The number of anilines is 1. The zero-order chi connectivity index (χ0) is 15.0. The Morgan fingerprint density at radius 2 is 2.14 bits per heavy atom. The second-order valence-electron chi connectivity index (χ2n) is 5.02. The lowest BCUT2D eigenvalue weighted by Gasteiger charge is -2.11. The number of rotatable bonds is 4. The smallest absolute Gasteiger partial charge is 0.402 e. The third kappa shape index (κ3) is 3.45. The summed E-state index contributed by atoms with van der Waals surface area (Å²) in [6.45, 7) is 0.828. The Morgan fingerprint density at radius 1 is 1.38 bits per heavy atom. The van der Waals surface area contributed by atoms with Gasteiger partial charge in [0, 0.05) is 24.5 Å². The lowest BCUT2D eigenvalue weighted by Crippen LogP contribution is -2.18. The monoisotopic (exact) mass is 298 g/mol. The van der Waals surface area contributed by atoms with Gasteiger partial charge in [0.25, 0.3) is 0 Å². The Labute approximate surface area is 118 Å². The van der Waals surface area contributed by atoms with Crippen LogP contribution >= 0.6 is 0 Å². The molecule has 2 aromatic rings. The molecule has 2 heterocycles. The lowest BCUT2D eigenvalue weighted by atomic mass is 10.2. The van der Waals surface area contributed by atoms with Crippen molar-refractivity contribution in [2.75, 3.05) is 5.73 Å². The number of nitrogens with two attached hydrogens (primary N) is 1. The van der Waals surface area contributed by atoms with Crippen LogP contribution in [0.4, 0.5) is 19.0 Å². The van der Waals surface area contributed by atoms with Gasteiger partial charge in [-0.2, -0.15) is 5.10 Å². The molecule has 1 fully saturated rings. The van der Waals surface area contributed by atoms with E-state index in [4.69, 9.17) is 5.73 Å². The van der Waals surface area contributed by atoms with Crippen molar-refractivity contribution in [2.45, 2.75) is 25.7 Å². The maximum absolute atomic E-state index is 12.3. The van der Waals surface area contributed by atoms with Crippen LogP contribution in [-0.2, 0) is 6.54 Å². The number of hydrogen-bond acceptors (Lipinski definition) is 4. The van der Waals surface area contributed by atoms with Gasteiger partial charge in [-0.25, -0.2) is 4.98 Å². The minimum absolute atomic E-state index is 0.312. The average Bonchev–Trinajstić information content (AvgIpc) is 3.07. The summed E-state index contributed by atoms with van der Waals surface area (Å²) in [6.07, 6.45) is 0.765. The van der Waals surface area contributed by atoms with Crippen molar-refractivity contribution in [3.05, 3.63) is 24.5 Å². The van der Waals surface area contributed by atoms with Crippen molar-refractivity contribution < 1.29 is 17.9 Å². The third-order valence-corrected chi connectivity index (χ3v) is 3.19. The molecule has 1 aliphatic rings. The van der Waals surface area contributed by atoms with Crippen LogP contribution in [0.15, 0.2) is 24.5 Å². The van der Waals surface area contributed by atoms with Gasteiger partial charge in [0.15, 0.2) is 11.6 Å². The van der Waals surface area contributed by atoms with Gasteiger partial charge in [-0.1, -0.05) is 0 Å². The molecule has 0 atom stereocenters. The molecular weight excluding hydrogens is 285 g/mol. The molecule has 0 saturated heterocycles. The number of aromatic nitrogens is 3. The number of ether oxygens (including phenoxy) is 1. The van der Waals surface area contributed by atoms with E-state index in [1.807, 2.05) is 0 Å². The summed E-state index contributed by atoms with van der Waals surface area (Å²) >= 11 is 0. The van der Waals surface area contributed by atoms with Crippen molar-refractivity contribution in [3.8, 4) is 17.0 Å². The topological polar surface area (TPSA) is 66.0 Å². The molecule has 2 aromatic heterocycles. The molecule has 1 saturated carbocycles. The van der Waals surface area contributed by atoms with E-state index in [2.05, 4.69) is 14.8 Å². The van der Waals surface area contributed by atoms with Crippen LogP contribution in [0, 0.1) is 5.92 Å². The Bertz CT molecular complexity index is 649. The second-order valence-corrected chi connectivity index (χ2v) is 5.02. The van der Waals surface area contributed by atoms with Crippen molar-refractivity contribution in [2.24, 2.45) is 5.92 Å². The molecular formula is C13H13F3N4O. The Balaban J connectivity index is 1.84. The summed E-state index contributed by atoms with van der Waals surface area (Å²) in [5.41, 5.74) is 6.36. The first-order valence-electron chi connectivity index (χ1n) is 6.46. The van der Waals surface area contributed by atoms with Gasteiger partial charge in [-0.15, -0.1) is 13.2 Å². The summed E-state index contributed by atoms with van der Waals surface area (Å²) in [4.78, 5) is 3.73. The van der Waals surface area contributed by atoms with Gasteiger partial charge >= 0.3 is 6.36 Å². The Kier molecular flexibility index (Phi) is 3.23. The SMILES string of the molecule is Nc1ncc(-c2ccn(CC3CC3)n2)cc1OC(F)(F)F. The fraction of sp³-hybridized carbons (Fsp3) is 0.385. The van der Waals surface area contributed by atoms with Crippen molar-refractivity contribution in [1.29, 1.82) is 0 Å². The summed E-state index contributed by atoms with van der Waals surface area (Å²) in [6, 6.07) is 2.92. The van der Waals surface area contributed by atoms with E-state index in [0.717, 1.165) is 6.54 Å². The first kappa shape index (κ1) is 13.7. The third-order valence-electron chi connectivity index (χ3n) is 3.19. The van der Waals surface area contributed by atoms with Gasteiger partial charge in [0.2, 0.25) is 0 Å². The number of pyridine rings is 1. The fourth-order valence-corrected chi connectivity index (χ4v) is 1.98. The van der Waals surface area contributed by atoms with E-state index >= 15 is 0 Å². The fourth-order valence-electron chi connectivity index (χ4n) is 1.98. The number of nitrogens with zero attached hydrogens (tertiary/aromatic N) is 3. The summed E-state index contributed by atoms with van der Waals surface area (Å²) in [5, 5.41) is 4.33. The summed E-state index contributed by atoms with van der Waals surface area (Å²) in [7, 11) is 0. The van der Waals surface area contributed by atoms with Crippen LogP contribution in [-0.4, -0.2) is 21.1 Å². The van der Waals surface area contributed by atoms with E-state index < -0.39 is 12.1 Å². The lowest BCUT2D eigenvalue weighted by molar-refractivity contribution is -0.274. The summed E-state index contributed by atoms with van der Waals surface area (Å²) in [5.74, 6) is -0.170. The predicted octanol–water partition coefficient (Wildman–Crippen LogP) is 2.84. The second kappa shape index (κ2) is 4.94. The van der Waals surface area contributed by atoms with Crippen LogP contribution in [0.1, 0.15) is 12.8 Å². The Morgan fingerprint density at radius 3 is 2.81 bits per heavy atom. The van der Waals surface area contributed by atoms with E-state index in [1.54, 1.807) is 16.9 Å². The highest BCUT2D eigenvalue weighted by atomic mass is 19.4. The quantitative estimate of drug-likeness (QED) is 0.942. The predicted molar refractivity (Wildman–Crippen MR) is 69.3 cm³/mol. The largest absolute Gasteiger partial charge is 0.573 e. The minimum Gasteiger partial charge on any atom is -0.402 e. The number of hydrogen-bond donors (Lipinski definition) is 1. The zero-order valence-electron chi connectivity index (χ0n) is 11.0. The molecule has 3 rings (SSSR count). The van der Waals surface area contributed by atoms with Crippen LogP contribution in [0.3, 0.4) is 0 Å². The van der Waals surface area contributed by atoms with Crippen LogP contribution in [0.5, 0.6) is 5.75 Å². The minimum atomic E-state index is -4.81. The highest BCUT2D eigenvalue weighted by Gasteiger charge is 2.32. The molecule has 21 heavy (non-hydrogen) atoms. The highest BCUT2D eigenvalue weighted by molar-refractivity contribution is 5.63. The van der Waals surface area contributed by atoms with Crippen molar-refractivity contribution in [3.63, 3.8) is 0 Å². The maximum atomic E-state index is 12.3. The number of halogens is 3. The van der Waals surface area contributed by atoms with E-state index in [9.17, 15) is 13.2 Å². The van der Waals surface area contributed by atoms with E-state index in [-0.39, 0.29) is 5.82 Å². The molecule has 0 aromatic carbocycles. The molecule has 0 bridgehead atoms. The molecule has 5 nitrogen and oxygen atoms in total. The van der Waals surface area contributed by atoms with Crippen molar-refractivity contribution in [1.82, 2.24) is 14.8 Å². The van der Waals surface area contributed by atoms with Gasteiger partial charge in [0.05, 0.1) is 5.69 Å². The first-order valence-corrected chi connectivity index (χ1v) is 6.46. The molecule has 0 unspecified atom stereocenters. The molecule has 0 spiro atoms. The van der Waals surface area contributed by atoms with Crippen LogP contribution in [0.2, 0.25) is 0 Å². The molecule has 0 aliphatic heterocycles. The molecule has 0 radical (unpaired) electrons. The maximum Gasteiger partial charge on any atom is 0.573 e. The standard InChI is InChI=1S/C13H13F3N4O/c14-13(15,16)21-11-5-9(6-18-12(11)17)10-3-4-20(19-10)7-8-1-2-8/h3-6,8H,1-2,7H2,(H2,17,18). The molecule has 0 amide bonds. The zero-order valence-corrected chi connectivity index (χ0v) is 11.0. The van der Waals surface area contributed by atoms with Gasteiger partial charge < -0.3 is 10.5 Å². The van der Waals surface area contributed by atoms with Crippen LogP contribution in [0.25, 0.3) is 11.3 Å². The summed E-state index contributed by atoms with van der Waals surface area (Å²) < 4.78 is 42.5. The van der Waals surface area contributed by atoms with E-state index in [1.165, 1.54) is 25.1 Å². The van der Waals surface area contributed by atoms with E-state index in [0.29, 0.717) is 17.2 Å². The molecule has 112 valence electrons. The average molecular weight is 298 g/mol. The molecule has 1 aliphatic carbocycles. The van der Waals surface area contributed by atoms with Crippen molar-refractivity contribution >= 4 is 5.82 Å². The Hall–Kier alpha value is -2.25. The van der Waals surface area contributed by atoms with Crippen LogP contribution < -0.4 is 10.5 Å². The number of nitrogen functional groups attached to an aromatic ring is 1. The van der Waals surface area contributed by atoms with Gasteiger partial charge in [-0.05, 0) is 30.9 Å². The first-order chi connectivity index (χ1) is 9.90. The molecule has 2 N–H and O–H groups in total. The molecule has 8 heteroatoms. The highest BCUT2D eigenvalue weighted by Crippen LogP contribution is 2.32.